The van der Waals surface area contributed by atoms with Crippen LogP contribution in [0.1, 0.15) is 13.8 Å². The highest BCUT2D eigenvalue weighted by Crippen LogP contribution is 1.96. The quantitative estimate of drug-likeness (QED) is 0.546. The molecule has 1 amide bonds. The normalized spacial score (nSPS) is 13.4. The molecule has 0 saturated carbocycles. The average molecular weight is 129 g/mol. The molecule has 0 aliphatic rings. The van der Waals surface area contributed by atoms with Crippen LogP contribution in [0.15, 0.2) is 0 Å². The van der Waals surface area contributed by atoms with Gasteiger partial charge in [-0.2, -0.15) is 0 Å². The molecule has 53 valence electrons. The zero-order valence-corrected chi connectivity index (χ0v) is 5.85. The fourth-order valence-corrected chi connectivity index (χ4v) is 0.421. The van der Waals surface area contributed by atoms with Gasteiger partial charge in [0.15, 0.2) is 0 Å². The lowest BCUT2D eigenvalue weighted by atomic mass is 10.1. The number of amides is 1. The van der Waals surface area contributed by atoms with Gasteiger partial charge in [0.25, 0.3) is 0 Å². The summed E-state index contributed by atoms with van der Waals surface area (Å²) < 4.78 is 0. The van der Waals surface area contributed by atoms with Crippen LogP contribution >= 0.6 is 0 Å². The molecular weight excluding hydrogens is 116 g/mol. The molecular formula is C6H13N2O. The van der Waals surface area contributed by atoms with E-state index in [0.29, 0.717) is 0 Å². The van der Waals surface area contributed by atoms with Gasteiger partial charge in [0.1, 0.15) is 0 Å². The van der Waals surface area contributed by atoms with E-state index >= 15 is 0 Å². The van der Waals surface area contributed by atoms with Crippen molar-refractivity contribution in [1.29, 1.82) is 0 Å². The maximum absolute atomic E-state index is 10.7. The zero-order chi connectivity index (χ0) is 7.44. The Bertz CT molecular complexity index is 101. The molecule has 0 aromatic carbocycles. The molecule has 9 heavy (non-hydrogen) atoms. The smallest absolute Gasteiger partial charge is 0.237 e. The van der Waals surface area contributed by atoms with Gasteiger partial charge in [-0.25, -0.2) is 0 Å². The topological polar surface area (TPSA) is 55.1 Å². The van der Waals surface area contributed by atoms with Crippen LogP contribution in [0.2, 0.25) is 0 Å². The highest BCUT2D eigenvalue weighted by Gasteiger charge is 2.14. The summed E-state index contributed by atoms with van der Waals surface area (Å²) in [5.74, 6) is -0.0308. The standard InChI is InChI=1S/C6H13N2O/c1-4(2)5(7)6(9)8-3/h4-5H,3,7H2,1-2H3,(H,8,9). The molecule has 0 rings (SSSR count). The first kappa shape index (κ1) is 8.43. The number of nitrogens with one attached hydrogen (secondary N) is 1. The SMILES string of the molecule is [CH2]NC(=O)C(N)C(C)C. The Morgan fingerprint density at radius 2 is 2.11 bits per heavy atom. The predicted molar refractivity (Wildman–Crippen MR) is 36.3 cm³/mol. The summed E-state index contributed by atoms with van der Waals surface area (Å²) in [6.07, 6.45) is 0. The van der Waals surface area contributed by atoms with Gasteiger partial charge in [-0.1, -0.05) is 13.8 Å². The van der Waals surface area contributed by atoms with Crippen LogP contribution in [0.25, 0.3) is 0 Å². The number of rotatable bonds is 2. The van der Waals surface area contributed by atoms with Crippen LogP contribution < -0.4 is 11.1 Å². The molecule has 0 fully saturated rings. The van der Waals surface area contributed by atoms with E-state index in [-0.39, 0.29) is 11.8 Å². The van der Waals surface area contributed by atoms with Gasteiger partial charge in [0.05, 0.1) is 6.04 Å². The molecule has 0 aromatic heterocycles. The second-order valence-electron chi connectivity index (χ2n) is 2.31. The third kappa shape index (κ3) is 2.46. The molecule has 0 saturated heterocycles. The number of carbonyl (C=O) groups is 1. The molecule has 3 nitrogen and oxygen atoms in total. The Balaban J connectivity index is 3.72. The van der Waals surface area contributed by atoms with Gasteiger partial charge in [-0.15, -0.1) is 0 Å². The summed E-state index contributed by atoms with van der Waals surface area (Å²) in [5.41, 5.74) is 5.42. The summed E-state index contributed by atoms with van der Waals surface area (Å²) in [4.78, 5) is 10.7. The maximum Gasteiger partial charge on any atom is 0.237 e. The summed E-state index contributed by atoms with van der Waals surface area (Å²) in [5, 5.41) is 2.23. The third-order valence-electron chi connectivity index (χ3n) is 1.20. The van der Waals surface area contributed by atoms with Crippen molar-refractivity contribution in [1.82, 2.24) is 5.32 Å². The van der Waals surface area contributed by atoms with Crippen molar-refractivity contribution in [3.63, 3.8) is 0 Å². The van der Waals surface area contributed by atoms with Crippen LogP contribution in [0.4, 0.5) is 0 Å². The van der Waals surface area contributed by atoms with Crippen LogP contribution in [-0.4, -0.2) is 11.9 Å². The van der Waals surface area contributed by atoms with E-state index in [4.69, 9.17) is 5.73 Å². The fraction of sp³-hybridized carbons (Fsp3) is 0.667. The van der Waals surface area contributed by atoms with E-state index in [1.165, 1.54) is 0 Å². The number of carbonyl (C=O) groups excluding carboxylic acids is 1. The van der Waals surface area contributed by atoms with Crippen LogP contribution in [0.5, 0.6) is 0 Å². The monoisotopic (exact) mass is 129 g/mol. The number of hydrogen-bond donors (Lipinski definition) is 2. The third-order valence-corrected chi connectivity index (χ3v) is 1.20. The van der Waals surface area contributed by atoms with E-state index in [9.17, 15) is 4.79 Å². The Labute approximate surface area is 55.6 Å². The van der Waals surface area contributed by atoms with Gasteiger partial charge in [-0.05, 0) is 5.92 Å². The largest absolute Gasteiger partial charge is 0.353 e. The van der Waals surface area contributed by atoms with Crippen molar-refractivity contribution in [3.8, 4) is 0 Å². The van der Waals surface area contributed by atoms with Crippen molar-refractivity contribution < 1.29 is 4.79 Å². The molecule has 0 aliphatic carbocycles. The van der Waals surface area contributed by atoms with Gasteiger partial charge < -0.3 is 11.1 Å². The summed E-state index contributed by atoms with van der Waals surface area (Å²) >= 11 is 0. The van der Waals surface area contributed by atoms with E-state index in [0.717, 1.165) is 0 Å². The Kier molecular flexibility index (Phi) is 3.24. The second-order valence-corrected chi connectivity index (χ2v) is 2.31. The zero-order valence-electron chi connectivity index (χ0n) is 5.85. The molecule has 0 heterocycles. The van der Waals surface area contributed by atoms with E-state index < -0.39 is 6.04 Å². The molecule has 3 heteroatoms. The van der Waals surface area contributed by atoms with Crippen LogP contribution in [-0.2, 0) is 4.79 Å². The minimum Gasteiger partial charge on any atom is -0.353 e. The lowest BCUT2D eigenvalue weighted by Crippen LogP contribution is -2.41. The highest BCUT2D eigenvalue weighted by atomic mass is 16.2. The van der Waals surface area contributed by atoms with E-state index in [2.05, 4.69) is 12.4 Å². The molecule has 0 aromatic rings. The molecule has 1 radical (unpaired) electrons. The van der Waals surface area contributed by atoms with Gasteiger partial charge >= 0.3 is 0 Å². The van der Waals surface area contributed by atoms with E-state index in [1.807, 2.05) is 13.8 Å². The Morgan fingerprint density at radius 3 is 2.22 bits per heavy atom. The van der Waals surface area contributed by atoms with Gasteiger partial charge in [0, 0.05) is 7.05 Å². The molecule has 3 N–H and O–H groups in total. The second kappa shape index (κ2) is 3.45. The molecule has 0 aliphatic heterocycles. The highest BCUT2D eigenvalue weighted by molar-refractivity contribution is 5.81. The van der Waals surface area contributed by atoms with Crippen molar-refractivity contribution in [2.75, 3.05) is 0 Å². The van der Waals surface area contributed by atoms with Crippen molar-refractivity contribution in [3.05, 3.63) is 7.05 Å². The van der Waals surface area contributed by atoms with Crippen molar-refractivity contribution in [2.45, 2.75) is 19.9 Å². The van der Waals surface area contributed by atoms with Crippen molar-refractivity contribution >= 4 is 5.91 Å². The first-order valence-corrected chi connectivity index (χ1v) is 2.92. The average Bonchev–Trinajstić information content (AvgIpc) is 1.84. The summed E-state index contributed by atoms with van der Waals surface area (Å²) in [7, 11) is 3.21. The van der Waals surface area contributed by atoms with Gasteiger partial charge in [-0.3, -0.25) is 4.79 Å². The number of nitrogens with two attached hydrogens (primary N) is 1. The van der Waals surface area contributed by atoms with Crippen molar-refractivity contribution in [2.24, 2.45) is 11.7 Å². The fourth-order valence-electron chi connectivity index (χ4n) is 0.421. The Hall–Kier alpha value is -0.570. The van der Waals surface area contributed by atoms with Gasteiger partial charge in [0.2, 0.25) is 5.91 Å². The summed E-state index contributed by atoms with van der Waals surface area (Å²) in [6.45, 7) is 3.78. The number of hydrogen-bond acceptors (Lipinski definition) is 2. The first-order valence-electron chi connectivity index (χ1n) is 2.92. The molecule has 1 atom stereocenters. The minimum absolute atomic E-state index is 0.173. The van der Waals surface area contributed by atoms with Crippen LogP contribution in [0.3, 0.4) is 0 Å². The molecule has 0 spiro atoms. The predicted octanol–water partition coefficient (Wildman–Crippen LogP) is -0.123. The first-order chi connectivity index (χ1) is 4.09. The lowest BCUT2D eigenvalue weighted by Gasteiger charge is -2.12. The summed E-state index contributed by atoms with van der Waals surface area (Å²) in [6, 6.07) is -0.428. The molecule has 0 bridgehead atoms. The minimum atomic E-state index is -0.428. The molecule has 1 unspecified atom stereocenters. The van der Waals surface area contributed by atoms with E-state index in [1.54, 1.807) is 0 Å². The van der Waals surface area contributed by atoms with Crippen LogP contribution in [0, 0.1) is 13.0 Å². The lowest BCUT2D eigenvalue weighted by molar-refractivity contribution is -0.122. The Morgan fingerprint density at radius 1 is 1.67 bits per heavy atom. The maximum atomic E-state index is 10.7.